The third-order valence-electron chi connectivity index (χ3n) is 1.43. The van der Waals surface area contributed by atoms with Crippen LogP contribution < -0.4 is 5.01 Å². The van der Waals surface area contributed by atoms with Gasteiger partial charge in [0.2, 0.25) is 0 Å². The van der Waals surface area contributed by atoms with Crippen molar-refractivity contribution in [1.82, 2.24) is 15.1 Å². The molecule has 0 amide bonds. The van der Waals surface area contributed by atoms with Gasteiger partial charge in [0, 0.05) is 13.1 Å². The number of hydrogen-bond donors (Lipinski definition) is 0. The molecule has 0 aromatic carbocycles. The van der Waals surface area contributed by atoms with Gasteiger partial charge in [-0.15, -0.1) is 5.10 Å². The first-order valence-electron chi connectivity index (χ1n) is 3.50. The van der Waals surface area contributed by atoms with Gasteiger partial charge in [0.25, 0.3) is 0 Å². The molecule has 0 aliphatic rings. The molecule has 0 fully saturated rings. The Balaban J connectivity index is 2.64. The molecule has 56 valence electrons. The van der Waals surface area contributed by atoms with Crippen LogP contribution in [0.4, 0.5) is 0 Å². The Labute approximate surface area is 60.4 Å². The van der Waals surface area contributed by atoms with Gasteiger partial charge in [0.15, 0.2) is 0 Å². The quantitative estimate of drug-likeness (QED) is 0.603. The molecule has 4 heteroatoms. The minimum absolute atomic E-state index is 0.958. The van der Waals surface area contributed by atoms with Crippen LogP contribution in [0, 0.1) is 0 Å². The molecule has 1 aromatic rings. The van der Waals surface area contributed by atoms with Crippen molar-refractivity contribution >= 4 is 0 Å². The normalized spacial score (nSPS) is 9.80. The van der Waals surface area contributed by atoms with E-state index in [9.17, 15) is 0 Å². The van der Waals surface area contributed by atoms with Gasteiger partial charge in [-0.1, -0.05) is 0 Å². The van der Waals surface area contributed by atoms with Crippen molar-refractivity contribution in [2.45, 2.75) is 13.8 Å². The van der Waals surface area contributed by atoms with E-state index in [0.29, 0.717) is 0 Å². The van der Waals surface area contributed by atoms with Crippen LogP contribution in [0.5, 0.6) is 0 Å². The topological polar surface area (TPSA) is 34.0 Å². The van der Waals surface area contributed by atoms with Gasteiger partial charge >= 0.3 is 0 Å². The molecule has 0 saturated carbocycles. The third-order valence-corrected chi connectivity index (χ3v) is 1.43. The van der Waals surface area contributed by atoms with E-state index in [2.05, 4.69) is 29.2 Å². The van der Waals surface area contributed by atoms with E-state index in [1.165, 1.54) is 0 Å². The van der Waals surface area contributed by atoms with Gasteiger partial charge in [-0.2, -0.15) is 4.79 Å². The molecule has 1 heterocycles. The second kappa shape index (κ2) is 3.20. The zero-order valence-corrected chi connectivity index (χ0v) is 6.36. The van der Waals surface area contributed by atoms with Crippen LogP contribution in [0.1, 0.15) is 13.8 Å². The third kappa shape index (κ3) is 1.26. The Hall–Kier alpha value is -1.06. The lowest BCUT2D eigenvalue weighted by atomic mass is 10.6. The fourth-order valence-electron chi connectivity index (χ4n) is 0.866. The van der Waals surface area contributed by atoms with Gasteiger partial charge in [-0.3, -0.25) is 5.01 Å². The molecule has 0 N–H and O–H groups in total. The molecule has 0 radical (unpaired) electrons. The van der Waals surface area contributed by atoms with Gasteiger partial charge in [0.1, 0.15) is 0 Å². The Morgan fingerprint density at radius 2 is 2.10 bits per heavy atom. The lowest BCUT2D eigenvalue weighted by molar-refractivity contribution is 0.538. The first-order valence-corrected chi connectivity index (χ1v) is 3.50. The van der Waals surface area contributed by atoms with Crippen LogP contribution in [0.2, 0.25) is 0 Å². The maximum atomic E-state index is 3.85. The average molecular weight is 140 g/mol. The molecule has 4 nitrogen and oxygen atoms in total. The minimum Gasteiger partial charge on any atom is -0.296 e. The highest BCUT2D eigenvalue weighted by Gasteiger charge is 1.97. The number of aromatic nitrogens is 3. The van der Waals surface area contributed by atoms with Crippen molar-refractivity contribution in [2.75, 3.05) is 18.1 Å². The SMILES string of the molecule is CCN(CC)n1ccnn1. The van der Waals surface area contributed by atoms with E-state index < -0.39 is 0 Å². The molecule has 0 spiro atoms. The van der Waals surface area contributed by atoms with Crippen molar-refractivity contribution in [3.63, 3.8) is 0 Å². The van der Waals surface area contributed by atoms with Gasteiger partial charge in [-0.05, 0) is 19.1 Å². The Bertz CT molecular complexity index is 166. The van der Waals surface area contributed by atoms with Gasteiger partial charge in [0.05, 0.1) is 12.4 Å². The second-order valence-corrected chi connectivity index (χ2v) is 1.96. The van der Waals surface area contributed by atoms with Crippen LogP contribution in [-0.2, 0) is 0 Å². The summed E-state index contributed by atoms with van der Waals surface area (Å²) in [4.78, 5) is 1.75. The molecule has 0 aliphatic heterocycles. The molecular weight excluding hydrogens is 128 g/mol. The summed E-state index contributed by atoms with van der Waals surface area (Å²) in [5.74, 6) is 0. The van der Waals surface area contributed by atoms with Crippen LogP contribution in [0.3, 0.4) is 0 Å². The minimum atomic E-state index is 0.958. The first-order chi connectivity index (χ1) is 4.88. The summed E-state index contributed by atoms with van der Waals surface area (Å²) in [7, 11) is 0. The van der Waals surface area contributed by atoms with E-state index in [1.807, 2.05) is 6.20 Å². The van der Waals surface area contributed by atoms with Crippen molar-refractivity contribution in [2.24, 2.45) is 0 Å². The summed E-state index contributed by atoms with van der Waals surface area (Å²) in [5.41, 5.74) is 0. The number of nitrogens with zero attached hydrogens (tertiary/aromatic N) is 4. The fourth-order valence-corrected chi connectivity index (χ4v) is 0.866. The number of rotatable bonds is 3. The Kier molecular flexibility index (Phi) is 2.25. The van der Waals surface area contributed by atoms with Gasteiger partial charge in [-0.25, -0.2) is 0 Å². The lowest BCUT2D eigenvalue weighted by Crippen LogP contribution is -2.34. The molecule has 0 unspecified atom stereocenters. The molecule has 0 atom stereocenters. The van der Waals surface area contributed by atoms with Crippen LogP contribution in [0.15, 0.2) is 12.4 Å². The van der Waals surface area contributed by atoms with E-state index in [4.69, 9.17) is 0 Å². The summed E-state index contributed by atoms with van der Waals surface area (Å²) in [5, 5.41) is 9.64. The van der Waals surface area contributed by atoms with Crippen molar-refractivity contribution < 1.29 is 0 Å². The highest BCUT2D eigenvalue weighted by atomic mass is 15.7. The molecule has 0 saturated heterocycles. The summed E-state index contributed by atoms with van der Waals surface area (Å²) in [6, 6.07) is 0. The maximum Gasteiger partial charge on any atom is 0.0715 e. The zero-order chi connectivity index (χ0) is 7.40. The zero-order valence-electron chi connectivity index (χ0n) is 6.36. The monoisotopic (exact) mass is 140 g/mol. The molecular formula is C6H12N4. The smallest absolute Gasteiger partial charge is 0.0715 e. The summed E-state index contributed by atoms with van der Waals surface area (Å²) < 4.78 is 0. The van der Waals surface area contributed by atoms with Crippen molar-refractivity contribution in [3.8, 4) is 0 Å². The molecule has 0 bridgehead atoms. The van der Waals surface area contributed by atoms with Crippen molar-refractivity contribution in [1.29, 1.82) is 0 Å². The molecule has 1 aromatic heterocycles. The van der Waals surface area contributed by atoms with Crippen LogP contribution in [-0.4, -0.2) is 28.2 Å². The van der Waals surface area contributed by atoms with E-state index in [-0.39, 0.29) is 0 Å². The second-order valence-electron chi connectivity index (χ2n) is 1.96. The fraction of sp³-hybridized carbons (Fsp3) is 0.667. The van der Waals surface area contributed by atoms with Crippen LogP contribution >= 0.6 is 0 Å². The summed E-state index contributed by atoms with van der Waals surface area (Å²) >= 11 is 0. The predicted octanol–water partition coefficient (Wildman–Crippen LogP) is 0.256. The molecule has 0 aliphatic carbocycles. The average Bonchev–Trinajstić information content (AvgIpc) is 2.43. The van der Waals surface area contributed by atoms with Crippen molar-refractivity contribution in [3.05, 3.63) is 12.4 Å². The van der Waals surface area contributed by atoms with E-state index >= 15 is 0 Å². The lowest BCUT2D eigenvalue weighted by Gasteiger charge is -2.18. The first kappa shape index (κ1) is 7.05. The largest absolute Gasteiger partial charge is 0.296 e. The summed E-state index contributed by atoms with van der Waals surface area (Å²) in [6.07, 6.45) is 3.52. The van der Waals surface area contributed by atoms with E-state index in [0.717, 1.165) is 13.1 Å². The molecule has 1 rings (SSSR count). The van der Waals surface area contributed by atoms with E-state index in [1.54, 1.807) is 11.0 Å². The Morgan fingerprint density at radius 3 is 2.50 bits per heavy atom. The van der Waals surface area contributed by atoms with Crippen LogP contribution in [0.25, 0.3) is 0 Å². The summed E-state index contributed by atoms with van der Waals surface area (Å²) in [6.45, 7) is 6.09. The number of hydrogen-bond acceptors (Lipinski definition) is 3. The highest BCUT2D eigenvalue weighted by Crippen LogP contribution is 1.85. The predicted molar refractivity (Wildman–Crippen MR) is 39.3 cm³/mol. The highest BCUT2D eigenvalue weighted by molar-refractivity contribution is 4.79. The molecule has 10 heavy (non-hydrogen) atoms. The van der Waals surface area contributed by atoms with Gasteiger partial charge < -0.3 is 0 Å². The maximum absolute atomic E-state index is 3.85. The standard InChI is InChI=1S/C6H12N4/c1-3-9(4-2)10-6-5-7-8-10/h5-6H,3-4H2,1-2H3. The Morgan fingerprint density at radius 1 is 1.40 bits per heavy atom.